The fourth-order valence-electron chi connectivity index (χ4n) is 1.73. The van der Waals surface area contributed by atoms with Gasteiger partial charge in [0.15, 0.2) is 5.56 Å². The van der Waals surface area contributed by atoms with Crippen LogP contribution in [0.4, 0.5) is 5.69 Å². The van der Waals surface area contributed by atoms with Crippen LogP contribution in [0.5, 0.6) is 5.75 Å². The summed E-state index contributed by atoms with van der Waals surface area (Å²) in [7, 11) is 2.88. The Hall–Kier alpha value is -2.15. The topological polar surface area (TPSA) is 92.9 Å². The molecule has 0 aromatic heterocycles. The van der Waals surface area contributed by atoms with Gasteiger partial charge in [-0.25, -0.2) is 0 Å². The van der Waals surface area contributed by atoms with Crippen molar-refractivity contribution >= 4 is 11.6 Å². The van der Waals surface area contributed by atoms with E-state index in [4.69, 9.17) is 4.74 Å². The molecule has 0 bridgehead atoms. The minimum atomic E-state index is -0.613. The maximum Gasteiger partial charge on any atom is 0.285 e. The Labute approximate surface area is 116 Å². The number of nitrogens with zero attached hydrogens (tertiary/aromatic N) is 2. The fourth-order valence-corrected chi connectivity index (χ4v) is 1.73. The number of methoxy groups -OCH3 is 1. The van der Waals surface area contributed by atoms with E-state index in [1.165, 1.54) is 37.3 Å². The Bertz CT molecular complexity index is 502. The average Bonchev–Trinajstić information content (AvgIpc) is 2.42. The number of nitro benzene ring substituents is 1. The first-order valence-electron chi connectivity index (χ1n) is 6.13. The van der Waals surface area contributed by atoms with Crippen molar-refractivity contribution in [3.8, 4) is 5.75 Å². The third-order valence-electron chi connectivity index (χ3n) is 2.86. The molecule has 0 aliphatic carbocycles. The van der Waals surface area contributed by atoms with Crippen molar-refractivity contribution in [2.45, 2.75) is 19.4 Å². The van der Waals surface area contributed by atoms with Crippen molar-refractivity contribution in [2.75, 3.05) is 20.7 Å². The molecule has 1 rings (SSSR count). The minimum absolute atomic E-state index is 0.0758. The quantitative estimate of drug-likeness (QED) is 0.629. The molecule has 0 heterocycles. The van der Waals surface area contributed by atoms with Gasteiger partial charge in [0.25, 0.3) is 11.6 Å². The first-order valence-corrected chi connectivity index (χ1v) is 6.13. The zero-order chi connectivity index (χ0) is 15.3. The summed E-state index contributed by atoms with van der Waals surface area (Å²) in [6.45, 7) is 1.91. The van der Waals surface area contributed by atoms with Crippen LogP contribution in [0.3, 0.4) is 0 Å². The Kier molecular flexibility index (Phi) is 5.45. The molecule has 0 aliphatic heterocycles. The van der Waals surface area contributed by atoms with E-state index in [9.17, 15) is 20.0 Å². The van der Waals surface area contributed by atoms with Gasteiger partial charge < -0.3 is 14.7 Å². The number of aliphatic hydroxyl groups excluding tert-OH is 1. The smallest absolute Gasteiger partial charge is 0.285 e. The van der Waals surface area contributed by atoms with Crippen LogP contribution in [0.2, 0.25) is 0 Å². The van der Waals surface area contributed by atoms with E-state index in [-0.39, 0.29) is 17.0 Å². The third-order valence-corrected chi connectivity index (χ3v) is 2.86. The molecule has 20 heavy (non-hydrogen) atoms. The third kappa shape index (κ3) is 3.67. The van der Waals surface area contributed by atoms with Gasteiger partial charge in [-0.15, -0.1) is 0 Å². The number of carbonyl (C=O) groups excluding carboxylic acids is 1. The van der Waals surface area contributed by atoms with E-state index >= 15 is 0 Å². The molecule has 0 saturated heterocycles. The summed E-state index contributed by atoms with van der Waals surface area (Å²) in [5.41, 5.74) is -0.369. The Morgan fingerprint density at radius 2 is 2.20 bits per heavy atom. The van der Waals surface area contributed by atoms with Gasteiger partial charge in [-0.2, -0.15) is 0 Å². The molecule has 110 valence electrons. The van der Waals surface area contributed by atoms with Gasteiger partial charge in [0.2, 0.25) is 0 Å². The summed E-state index contributed by atoms with van der Waals surface area (Å²) >= 11 is 0. The lowest BCUT2D eigenvalue weighted by Crippen LogP contribution is -2.30. The van der Waals surface area contributed by atoms with E-state index in [1.807, 2.05) is 0 Å². The summed E-state index contributed by atoms with van der Waals surface area (Å²) in [4.78, 5) is 24.1. The lowest BCUT2D eigenvalue weighted by molar-refractivity contribution is -0.385. The van der Waals surface area contributed by atoms with Crippen molar-refractivity contribution in [3.05, 3.63) is 33.9 Å². The molecule has 0 fully saturated rings. The first-order chi connectivity index (χ1) is 9.38. The number of rotatable bonds is 6. The van der Waals surface area contributed by atoms with Gasteiger partial charge in [0.1, 0.15) is 5.75 Å². The Morgan fingerprint density at radius 3 is 2.70 bits per heavy atom. The normalized spacial score (nSPS) is 11.8. The highest BCUT2D eigenvalue weighted by atomic mass is 16.6. The molecule has 0 spiro atoms. The summed E-state index contributed by atoms with van der Waals surface area (Å²) in [6.07, 6.45) is -0.150. The Balaban J connectivity index is 3.10. The minimum Gasteiger partial charge on any atom is -0.496 e. The zero-order valence-corrected chi connectivity index (χ0v) is 11.7. The van der Waals surface area contributed by atoms with Crippen LogP contribution >= 0.6 is 0 Å². The number of amides is 1. The van der Waals surface area contributed by atoms with Gasteiger partial charge in [-0.1, -0.05) is 6.07 Å². The van der Waals surface area contributed by atoms with Crippen LogP contribution in [-0.2, 0) is 0 Å². The number of ether oxygens (including phenoxy) is 1. The SMILES string of the molecule is COc1cccc([N+](=O)[O-])c1C(=O)N(C)CCC(C)O. The number of hydrogen-bond donors (Lipinski definition) is 1. The predicted octanol–water partition coefficient (Wildman–Crippen LogP) is 1.45. The van der Waals surface area contributed by atoms with Gasteiger partial charge in [0, 0.05) is 19.7 Å². The largest absolute Gasteiger partial charge is 0.496 e. The molecule has 1 unspecified atom stereocenters. The number of hydrogen-bond acceptors (Lipinski definition) is 5. The molecular weight excluding hydrogens is 264 g/mol. The van der Waals surface area contributed by atoms with E-state index in [0.717, 1.165) is 0 Å². The monoisotopic (exact) mass is 282 g/mol. The first kappa shape index (κ1) is 15.9. The molecule has 1 atom stereocenters. The summed E-state index contributed by atoms with van der Waals surface area (Å²) < 4.78 is 5.03. The fraction of sp³-hybridized carbons (Fsp3) is 0.462. The summed E-state index contributed by atoms with van der Waals surface area (Å²) in [5.74, 6) is -0.345. The maximum absolute atomic E-state index is 12.3. The lowest BCUT2D eigenvalue weighted by atomic mass is 10.1. The standard InChI is InChI=1S/C13H18N2O5/c1-9(16)7-8-14(2)13(17)12-10(15(18)19)5-4-6-11(12)20-3/h4-6,9,16H,7-8H2,1-3H3. The van der Waals surface area contributed by atoms with Crippen molar-refractivity contribution in [1.82, 2.24) is 4.90 Å². The average molecular weight is 282 g/mol. The number of aliphatic hydroxyl groups is 1. The molecule has 7 heteroatoms. The molecule has 0 saturated carbocycles. The van der Waals surface area contributed by atoms with E-state index < -0.39 is 16.9 Å². The molecule has 0 radical (unpaired) electrons. The van der Waals surface area contributed by atoms with E-state index in [2.05, 4.69) is 0 Å². The molecular formula is C13H18N2O5. The molecule has 1 amide bonds. The van der Waals surface area contributed by atoms with Gasteiger partial charge in [-0.05, 0) is 19.4 Å². The van der Waals surface area contributed by atoms with Crippen LogP contribution < -0.4 is 4.74 Å². The van der Waals surface area contributed by atoms with E-state index in [0.29, 0.717) is 13.0 Å². The van der Waals surface area contributed by atoms with Gasteiger partial charge >= 0.3 is 0 Å². The second-order valence-electron chi connectivity index (χ2n) is 4.48. The second kappa shape index (κ2) is 6.85. The molecule has 1 aromatic rings. The molecule has 0 aliphatic rings. The van der Waals surface area contributed by atoms with Crippen molar-refractivity contribution in [1.29, 1.82) is 0 Å². The van der Waals surface area contributed by atoms with Crippen LogP contribution in [0.15, 0.2) is 18.2 Å². The molecule has 1 aromatic carbocycles. The zero-order valence-electron chi connectivity index (χ0n) is 11.7. The highest BCUT2D eigenvalue weighted by Gasteiger charge is 2.27. The Morgan fingerprint density at radius 1 is 1.55 bits per heavy atom. The number of carbonyl (C=O) groups is 1. The van der Waals surface area contributed by atoms with Crippen LogP contribution in [-0.4, -0.2) is 47.6 Å². The maximum atomic E-state index is 12.3. The van der Waals surface area contributed by atoms with Gasteiger partial charge in [0.05, 0.1) is 18.1 Å². The van der Waals surface area contributed by atoms with Crippen LogP contribution in [0.25, 0.3) is 0 Å². The summed E-state index contributed by atoms with van der Waals surface area (Å²) in [5, 5.41) is 20.2. The number of nitro groups is 1. The molecule has 1 N–H and O–H groups in total. The number of benzene rings is 1. The van der Waals surface area contributed by atoms with Gasteiger partial charge in [-0.3, -0.25) is 14.9 Å². The summed E-state index contributed by atoms with van der Waals surface area (Å²) in [6, 6.07) is 4.23. The van der Waals surface area contributed by atoms with Crippen molar-refractivity contribution < 1.29 is 19.6 Å². The highest BCUT2D eigenvalue weighted by molar-refractivity contribution is 6.00. The van der Waals surface area contributed by atoms with Crippen molar-refractivity contribution in [3.63, 3.8) is 0 Å². The van der Waals surface area contributed by atoms with Crippen molar-refractivity contribution in [2.24, 2.45) is 0 Å². The van der Waals surface area contributed by atoms with E-state index in [1.54, 1.807) is 6.92 Å². The van der Waals surface area contributed by atoms with Crippen LogP contribution in [0.1, 0.15) is 23.7 Å². The lowest BCUT2D eigenvalue weighted by Gasteiger charge is -2.19. The van der Waals surface area contributed by atoms with Crippen LogP contribution in [0, 0.1) is 10.1 Å². The highest BCUT2D eigenvalue weighted by Crippen LogP contribution is 2.29. The second-order valence-corrected chi connectivity index (χ2v) is 4.48. The predicted molar refractivity (Wildman–Crippen MR) is 72.9 cm³/mol. The molecule has 7 nitrogen and oxygen atoms in total.